The predicted octanol–water partition coefficient (Wildman–Crippen LogP) is 2.66. The van der Waals surface area contributed by atoms with Crippen molar-refractivity contribution in [2.45, 2.75) is 6.92 Å². The number of hydrogen-bond donors (Lipinski definition) is 0. The molecule has 0 amide bonds. The average Bonchev–Trinajstić information content (AvgIpc) is 2.31. The second-order valence-corrected chi connectivity index (χ2v) is 3.68. The second kappa shape index (κ2) is 4.59. The van der Waals surface area contributed by atoms with E-state index in [1.807, 2.05) is 6.92 Å². The summed E-state index contributed by atoms with van der Waals surface area (Å²) < 4.78 is 10.4. The number of aldehydes is 1. The lowest BCUT2D eigenvalue weighted by Crippen LogP contribution is -2.08. The summed E-state index contributed by atoms with van der Waals surface area (Å²) in [7, 11) is 0. The van der Waals surface area contributed by atoms with E-state index < -0.39 is 5.63 Å². The number of fused-ring (bicyclic) bond motifs is 1. The minimum absolute atomic E-state index is 0.0906. The molecule has 1 aromatic heterocycles. The molecule has 0 spiro atoms. The molecule has 0 atom stereocenters. The normalized spacial score (nSPS) is 10.5. The topological polar surface area (TPSA) is 56.5 Å². The fraction of sp³-hybridized carbons (Fsp3) is 0.167. The van der Waals surface area contributed by atoms with E-state index in [0.717, 1.165) is 0 Å². The molecule has 5 heteroatoms. The van der Waals surface area contributed by atoms with Gasteiger partial charge < -0.3 is 9.15 Å². The smallest absolute Gasteiger partial charge is 0.348 e. The zero-order valence-electron chi connectivity index (χ0n) is 9.03. The van der Waals surface area contributed by atoms with E-state index in [2.05, 4.69) is 0 Å². The Morgan fingerprint density at radius 2 is 2.24 bits per heavy atom. The third-order valence-corrected chi connectivity index (χ3v) is 2.69. The Kier molecular flexibility index (Phi) is 3.15. The number of carbonyl (C=O) groups excluding carboxylic acids is 1. The summed E-state index contributed by atoms with van der Waals surface area (Å²) in [6, 6.07) is 5.05. The number of para-hydroxylation sites is 1. The first-order chi connectivity index (χ1) is 8.19. The van der Waals surface area contributed by atoms with Crippen molar-refractivity contribution in [3.05, 3.63) is 39.2 Å². The van der Waals surface area contributed by atoms with Gasteiger partial charge in [0.15, 0.2) is 17.6 Å². The Hall–Kier alpha value is -1.81. The molecule has 1 aromatic carbocycles. The summed E-state index contributed by atoms with van der Waals surface area (Å²) in [5.74, 6) is 0.432. The highest BCUT2D eigenvalue weighted by atomic mass is 35.5. The van der Waals surface area contributed by atoms with Gasteiger partial charge in [0, 0.05) is 5.39 Å². The van der Waals surface area contributed by atoms with Crippen LogP contribution in [0.4, 0.5) is 0 Å². The number of halogens is 1. The van der Waals surface area contributed by atoms with Gasteiger partial charge in [-0.3, -0.25) is 4.79 Å². The van der Waals surface area contributed by atoms with Crippen LogP contribution in [-0.4, -0.2) is 12.9 Å². The van der Waals surface area contributed by atoms with E-state index in [4.69, 9.17) is 20.8 Å². The zero-order chi connectivity index (χ0) is 12.4. The molecule has 0 fully saturated rings. The van der Waals surface area contributed by atoms with Gasteiger partial charge in [0.2, 0.25) is 0 Å². The highest BCUT2D eigenvalue weighted by molar-refractivity contribution is 6.37. The predicted molar refractivity (Wildman–Crippen MR) is 64.1 cm³/mol. The summed E-state index contributed by atoms with van der Waals surface area (Å²) in [6.07, 6.45) is 0.390. The highest BCUT2D eigenvalue weighted by Gasteiger charge is 2.14. The van der Waals surface area contributed by atoms with Crippen LogP contribution in [0.1, 0.15) is 17.3 Å². The minimum Gasteiger partial charge on any atom is -0.490 e. The van der Waals surface area contributed by atoms with Crippen molar-refractivity contribution in [3.63, 3.8) is 0 Å². The van der Waals surface area contributed by atoms with E-state index in [0.29, 0.717) is 24.0 Å². The maximum atomic E-state index is 11.5. The quantitative estimate of drug-likeness (QED) is 0.622. The Morgan fingerprint density at radius 1 is 1.47 bits per heavy atom. The van der Waals surface area contributed by atoms with Gasteiger partial charge in [-0.05, 0) is 19.1 Å². The monoisotopic (exact) mass is 252 g/mol. The van der Waals surface area contributed by atoms with Crippen LogP contribution in [0.3, 0.4) is 0 Å². The van der Waals surface area contributed by atoms with Crippen molar-refractivity contribution in [1.82, 2.24) is 0 Å². The summed E-state index contributed by atoms with van der Waals surface area (Å²) in [6.45, 7) is 2.26. The van der Waals surface area contributed by atoms with Gasteiger partial charge in [0.1, 0.15) is 5.56 Å². The average molecular weight is 253 g/mol. The lowest BCUT2D eigenvalue weighted by atomic mass is 10.2. The standard InChI is InChI=1S/C12H9ClO4/c1-2-16-9-5-3-4-7-10(13)8(6-14)12(15)17-11(7)9/h3-6H,2H2,1H3. The Morgan fingerprint density at radius 3 is 2.88 bits per heavy atom. The van der Waals surface area contributed by atoms with E-state index >= 15 is 0 Å². The van der Waals surface area contributed by atoms with E-state index in [1.54, 1.807) is 18.2 Å². The molecule has 2 rings (SSSR count). The highest BCUT2D eigenvalue weighted by Crippen LogP contribution is 2.30. The molecule has 2 aromatic rings. The zero-order valence-corrected chi connectivity index (χ0v) is 9.78. The molecule has 1 heterocycles. The molecule has 0 N–H and O–H groups in total. The van der Waals surface area contributed by atoms with Gasteiger partial charge in [-0.1, -0.05) is 17.7 Å². The van der Waals surface area contributed by atoms with Crippen LogP contribution in [-0.2, 0) is 0 Å². The molecule has 4 nitrogen and oxygen atoms in total. The van der Waals surface area contributed by atoms with E-state index in [1.165, 1.54) is 0 Å². The molecular formula is C12H9ClO4. The molecule has 0 saturated heterocycles. The van der Waals surface area contributed by atoms with Crippen LogP contribution < -0.4 is 10.4 Å². The van der Waals surface area contributed by atoms with Crippen molar-refractivity contribution < 1.29 is 13.9 Å². The summed E-state index contributed by atoms with van der Waals surface area (Å²) in [5.41, 5.74) is -0.674. The van der Waals surface area contributed by atoms with Gasteiger partial charge in [-0.15, -0.1) is 0 Å². The fourth-order valence-electron chi connectivity index (χ4n) is 1.55. The first kappa shape index (κ1) is 11.7. The van der Waals surface area contributed by atoms with Gasteiger partial charge in [-0.25, -0.2) is 4.79 Å². The maximum Gasteiger partial charge on any atom is 0.348 e. The van der Waals surface area contributed by atoms with E-state index in [9.17, 15) is 9.59 Å². The van der Waals surface area contributed by atoms with E-state index in [-0.39, 0.29) is 16.2 Å². The fourth-order valence-corrected chi connectivity index (χ4v) is 1.82. The van der Waals surface area contributed by atoms with Crippen molar-refractivity contribution in [3.8, 4) is 5.75 Å². The Labute approximate surface area is 102 Å². The van der Waals surface area contributed by atoms with Crippen molar-refractivity contribution in [2.75, 3.05) is 6.61 Å². The molecule has 17 heavy (non-hydrogen) atoms. The number of hydrogen-bond acceptors (Lipinski definition) is 4. The lowest BCUT2D eigenvalue weighted by Gasteiger charge is -2.07. The van der Waals surface area contributed by atoms with Gasteiger partial charge in [0.05, 0.1) is 11.6 Å². The molecule has 0 aliphatic rings. The summed E-state index contributed by atoms with van der Waals surface area (Å²) >= 11 is 5.97. The van der Waals surface area contributed by atoms with Gasteiger partial charge >= 0.3 is 5.63 Å². The van der Waals surface area contributed by atoms with Crippen LogP contribution in [0.15, 0.2) is 27.4 Å². The summed E-state index contributed by atoms with van der Waals surface area (Å²) in [5, 5.41) is 0.576. The molecular weight excluding hydrogens is 244 g/mol. The number of carbonyl (C=O) groups is 1. The Balaban J connectivity index is 2.85. The van der Waals surface area contributed by atoms with Crippen molar-refractivity contribution in [2.24, 2.45) is 0 Å². The maximum absolute atomic E-state index is 11.5. The third kappa shape index (κ3) is 1.91. The summed E-state index contributed by atoms with van der Waals surface area (Å²) in [4.78, 5) is 22.2. The minimum atomic E-state index is -0.760. The molecule has 0 aliphatic heterocycles. The van der Waals surface area contributed by atoms with Crippen LogP contribution in [0.2, 0.25) is 5.02 Å². The van der Waals surface area contributed by atoms with Gasteiger partial charge in [-0.2, -0.15) is 0 Å². The molecule has 0 aliphatic carbocycles. The largest absolute Gasteiger partial charge is 0.490 e. The van der Waals surface area contributed by atoms with Crippen LogP contribution in [0.5, 0.6) is 5.75 Å². The van der Waals surface area contributed by atoms with Crippen LogP contribution in [0.25, 0.3) is 11.0 Å². The molecule has 0 saturated carbocycles. The first-order valence-corrected chi connectivity index (χ1v) is 5.40. The van der Waals surface area contributed by atoms with Crippen LogP contribution in [0, 0.1) is 0 Å². The molecule has 0 radical (unpaired) electrons. The first-order valence-electron chi connectivity index (χ1n) is 5.02. The van der Waals surface area contributed by atoms with Gasteiger partial charge in [0.25, 0.3) is 0 Å². The SMILES string of the molecule is CCOc1cccc2c(Cl)c(C=O)c(=O)oc12. The van der Waals surface area contributed by atoms with Crippen molar-refractivity contribution >= 4 is 28.9 Å². The molecule has 88 valence electrons. The number of ether oxygens (including phenoxy) is 1. The Bertz CT molecular complexity index is 630. The third-order valence-electron chi connectivity index (χ3n) is 2.28. The number of benzene rings is 1. The number of rotatable bonds is 3. The second-order valence-electron chi connectivity index (χ2n) is 3.30. The van der Waals surface area contributed by atoms with Crippen LogP contribution >= 0.6 is 11.6 Å². The molecule has 0 unspecified atom stereocenters. The van der Waals surface area contributed by atoms with Crippen molar-refractivity contribution in [1.29, 1.82) is 0 Å². The lowest BCUT2D eigenvalue weighted by molar-refractivity contribution is 0.112. The molecule has 0 bridgehead atoms.